The van der Waals surface area contributed by atoms with Crippen molar-refractivity contribution in [3.8, 4) is 0 Å². The van der Waals surface area contributed by atoms with Crippen LogP contribution >= 0.6 is 0 Å². The van der Waals surface area contributed by atoms with Gasteiger partial charge in [-0.25, -0.2) is 0 Å². The summed E-state index contributed by atoms with van der Waals surface area (Å²) < 4.78 is 33.5. The SMILES string of the molecule is CCCC/C=C/CCCCCCCC(=O)OC[C@H](CO[C@H]1O[C@@H](CO[C@H]2O[C@@H](CO)[C@@H](O)C(O)C2O)[C@@H](O)C(O)C1O)OC(=O)CCC/C=C/CC/C=C/CCCCCCCCCCCCCCCC. The molecule has 2 saturated heterocycles. The van der Waals surface area contributed by atoms with Crippen molar-refractivity contribution in [2.24, 2.45) is 0 Å². The highest BCUT2D eigenvalue weighted by Gasteiger charge is 2.47. The number of carbonyl (C=O) groups is 2. The maximum Gasteiger partial charge on any atom is 0.306 e. The number of rotatable bonds is 43. The zero-order valence-electron chi connectivity index (χ0n) is 43.3. The number of ether oxygens (including phenoxy) is 6. The Kier molecular flexibility index (Phi) is 38.4. The van der Waals surface area contributed by atoms with Crippen molar-refractivity contribution in [2.45, 2.75) is 274 Å². The van der Waals surface area contributed by atoms with Crippen molar-refractivity contribution in [2.75, 3.05) is 26.4 Å². The Morgan fingerprint density at radius 2 is 0.857 bits per heavy atom. The van der Waals surface area contributed by atoms with Crippen LogP contribution in [-0.4, -0.2) is 142 Å². The Hall–Kier alpha value is -2.28. The van der Waals surface area contributed by atoms with Crippen molar-refractivity contribution < 1.29 is 73.8 Å². The van der Waals surface area contributed by atoms with Gasteiger partial charge in [0.25, 0.3) is 0 Å². The van der Waals surface area contributed by atoms with Gasteiger partial charge in [0.15, 0.2) is 18.7 Å². The van der Waals surface area contributed by atoms with Crippen molar-refractivity contribution in [3.63, 3.8) is 0 Å². The third-order valence-electron chi connectivity index (χ3n) is 13.1. The van der Waals surface area contributed by atoms with Crippen LogP contribution in [0.3, 0.4) is 0 Å². The molecule has 2 aliphatic heterocycles. The molecule has 7 N–H and O–H groups in total. The average Bonchev–Trinajstić information content (AvgIpc) is 3.35. The number of aliphatic hydroxyl groups is 7. The molecule has 0 aromatic heterocycles. The van der Waals surface area contributed by atoms with Gasteiger partial charge in [-0.15, -0.1) is 0 Å². The molecule has 4 unspecified atom stereocenters. The molecule has 0 radical (unpaired) electrons. The fraction of sp³-hybridized carbons (Fsp3) is 0.855. The summed E-state index contributed by atoms with van der Waals surface area (Å²) in [7, 11) is 0. The van der Waals surface area contributed by atoms with Crippen LogP contribution in [0.25, 0.3) is 0 Å². The van der Waals surface area contributed by atoms with Crippen LogP contribution in [0.5, 0.6) is 0 Å². The summed E-state index contributed by atoms with van der Waals surface area (Å²) in [5, 5.41) is 72.1. The normalized spacial score (nSPS) is 25.6. The summed E-state index contributed by atoms with van der Waals surface area (Å²) in [6.07, 6.45) is 29.1. The lowest BCUT2D eigenvalue weighted by Crippen LogP contribution is -2.61. The predicted molar refractivity (Wildman–Crippen MR) is 270 cm³/mol. The summed E-state index contributed by atoms with van der Waals surface area (Å²) in [4.78, 5) is 25.7. The number of hydrogen-bond acceptors (Lipinski definition) is 15. The molecule has 2 fully saturated rings. The van der Waals surface area contributed by atoms with E-state index in [1.807, 2.05) is 0 Å². The molecule has 408 valence electrons. The van der Waals surface area contributed by atoms with E-state index in [1.54, 1.807) is 0 Å². The number of esters is 2. The molecule has 0 aromatic carbocycles. The van der Waals surface area contributed by atoms with Gasteiger partial charge < -0.3 is 64.2 Å². The molecule has 70 heavy (non-hydrogen) atoms. The zero-order chi connectivity index (χ0) is 51.0. The highest BCUT2D eigenvalue weighted by Crippen LogP contribution is 2.26. The highest BCUT2D eigenvalue weighted by atomic mass is 16.7. The van der Waals surface area contributed by atoms with Gasteiger partial charge in [0.1, 0.15) is 55.4 Å². The van der Waals surface area contributed by atoms with Crippen LogP contribution in [0.2, 0.25) is 0 Å². The van der Waals surface area contributed by atoms with Crippen LogP contribution in [-0.2, 0) is 38.0 Å². The van der Waals surface area contributed by atoms with E-state index < -0.39 is 99.3 Å². The lowest BCUT2D eigenvalue weighted by Gasteiger charge is -2.42. The Balaban J connectivity index is 1.76. The van der Waals surface area contributed by atoms with E-state index in [0.29, 0.717) is 19.3 Å². The first-order valence-electron chi connectivity index (χ1n) is 27.6. The van der Waals surface area contributed by atoms with Gasteiger partial charge in [0.05, 0.1) is 19.8 Å². The minimum Gasteiger partial charge on any atom is -0.462 e. The minimum absolute atomic E-state index is 0.104. The quantitative estimate of drug-likeness (QED) is 0.0173. The van der Waals surface area contributed by atoms with E-state index in [0.717, 1.165) is 57.8 Å². The molecule has 2 heterocycles. The summed E-state index contributed by atoms with van der Waals surface area (Å²) in [6, 6.07) is 0. The third-order valence-corrected chi connectivity index (χ3v) is 13.1. The van der Waals surface area contributed by atoms with Crippen molar-refractivity contribution in [1.82, 2.24) is 0 Å². The molecular formula is C55H98O15. The topological polar surface area (TPSA) is 231 Å². The van der Waals surface area contributed by atoms with Gasteiger partial charge in [-0.05, 0) is 64.2 Å². The van der Waals surface area contributed by atoms with E-state index in [2.05, 4.69) is 50.3 Å². The van der Waals surface area contributed by atoms with Gasteiger partial charge in [0, 0.05) is 12.8 Å². The van der Waals surface area contributed by atoms with E-state index >= 15 is 0 Å². The van der Waals surface area contributed by atoms with Gasteiger partial charge in [-0.2, -0.15) is 0 Å². The lowest BCUT2D eigenvalue weighted by molar-refractivity contribution is -0.332. The zero-order valence-corrected chi connectivity index (χ0v) is 43.3. The number of hydrogen-bond donors (Lipinski definition) is 7. The summed E-state index contributed by atoms with van der Waals surface area (Å²) in [6.45, 7) is 2.52. The molecule has 2 rings (SSSR count). The van der Waals surface area contributed by atoms with E-state index in [4.69, 9.17) is 28.4 Å². The monoisotopic (exact) mass is 999 g/mol. The van der Waals surface area contributed by atoms with E-state index in [1.165, 1.54) is 103 Å². The Morgan fingerprint density at radius 1 is 0.443 bits per heavy atom. The highest BCUT2D eigenvalue weighted by molar-refractivity contribution is 5.70. The molecule has 0 aliphatic carbocycles. The molecule has 0 amide bonds. The molecular weight excluding hydrogens is 901 g/mol. The largest absolute Gasteiger partial charge is 0.462 e. The number of aliphatic hydroxyl groups excluding tert-OH is 7. The maximum absolute atomic E-state index is 13.0. The Bertz CT molecular complexity index is 1360. The van der Waals surface area contributed by atoms with Crippen LogP contribution in [0.4, 0.5) is 0 Å². The van der Waals surface area contributed by atoms with Crippen LogP contribution in [0.1, 0.15) is 206 Å². The van der Waals surface area contributed by atoms with Crippen LogP contribution in [0, 0.1) is 0 Å². The first-order valence-corrected chi connectivity index (χ1v) is 27.6. The van der Waals surface area contributed by atoms with Crippen molar-refractivity contribution in [3.05, 3.63) is 36.5 Å². The first kappa shape index (κ1) is 63.8. The summed E-state index contributed by atoms with van der Waals surface area (Å²) in [5.74, 6) is -0.983. The minimum atomic E-state index is -1.77. The molecule has 0 spiro atoms. The maximum atomic E-state index is 13.0. The average molecular weight is 999 g/mol. The van der Waals surface area contributed by atoms with Crippen molar-refractivity contribution >= 4 is 11.9 Å². The van der Waals surface area contributed by atoms with Gasteiger partial charge >= 0.3 is 11.9 Å². The number of carbonyl (C=O) groups excluding carboxylic acids is 2. The second-order valence-corrected chi connectivity index (χ2v) is 19.4. The lowest BCUT2D eigenvalue weighted by atomic mass is 9.98. The second-order valence-electron chi connectivity index (χ2n) is 19.4. The molecule has 2 aliphatic rings. The van der Waals surface area contributed by atoms with E-state index in [-0.39, 0.29) is 19.4 Å². The molecule has 15 nitrogen and oxygen atoms in total. The number of allylic oxidation sites excluding steroid dienone is 6. The van der Waals surface area contributed by atoms with E-state index in [9.17, 15) is 45.3 Å². The smallest absolute Gasteiger partial charge is 0.306 e. The molecule has 15 heteroatoms. The van der Waals surface area contributed by atoms with Crippen molar-refractivity contribution in [1.29, 1.82) is 0 Å². The Labute approximate surface area is 421 Å². The fourth-order valence-corrected chi connectivity index (χ4v) is 8.51. The summed E-state index contributed by atoms with van der Waals surface area (Å²) >= 11 is 0. The molecule has 0 aromatic rings. The second kappa shape index (κ2) is 42.1. The Morgan fingerprint density at radius 3 is 1.39 bits per heavy atom. The van der Waals surface area contributed by atoms with Gasteiger partial charge in [-0.3, -0.25) is 9.59 Å². The molecule has 11 atom stereocenters. The standard InChI is InChI=1S/C55H98O15/c1-3-5-7-9-11-13-15-16-17-18-19-20-21-22-23-24-25-26-28-30-32-34-36-38-47(58)68-43(40-65-46(57)37-35-33-31-29-27-14-12-10-8-6-4-2)41-66-54-53(64)51(62)49(60)45(70-54)42-67-55-52(63)50(61)48(59)44(39-56)69-55/h10,12,24-25,30,32,43-45,48-56,59-64H,3-9,11,13-23,26-29,31,33-42H2,1-2H3/b12-10+,25-24+,32-30+/t43-,44+,45+,48-,49-,50?,51?,52?,53?,54+,55+/m1/s1. The third kappa shape index (κ3) is 29.4. The predicted octanol–water partition coefficient (Wildman–Crippen LogP) is 8.49. The van der Waals surface area contributed by atoms with Gasteiger partial charge in [-0.1, -0.05) is 166 Å². The van der Waals surface area contributed by atoms with Crippen LogP contribution in [0.15, 0.2) is 36.5 Å². The fourth-order valence-electron chi connectivity index (χ4n) is 8.51. The molecule has 0 saturated carbocycles. The first-order chi connectivity index (χ1) is 34.0. The molecule has 0 bridgehead atoms. The van der Waals surface area contributed by atoms with Crippen LogP contribution < -0.4 is 0 Å². The number of unbranched alkanes of at least 4 members (excludes halogenated alkanes) is 23. The van der Waals surface area contributed by atoms with Gasteiger partial charge in [0.2, 0.25) is 0 Å². The summed E-state index contributed by atoms with van der Waals surface area (Å²) in [5.41, 5.74) is 0.